The Labute approximate surface area is 210 Å². The molecule has 3 heterocycles. The van der Waals surface area contributed by atoms with E-state index in [0.717, 1.165) is 55.9 Å². The van der Waals surface area contributed by atoms with Crippen LogP contribution < -0.4 is 9.47 Å². The molecule has 9 nitrogen and oxygen atoms in total. The lowest BCUT2D eigenvalue weighted by molar-refractivity contribution is 0.0696. The number of benzene rings is 1. The van der Waals surface area contributed by atoms with Crippen LogP contribution in [0.2, 0.25) is 0 Å². The summed E-state index contributed by atoms with van der Waals surface area (Å²) in [7, 11) is 0. The van der Waals surface area contributed by atoms with Crippen molar-refractivity contribution in [2.75, 3.05) is 39.3 Å². The van der Waals surface area contributed by atoms with Gasteiger partial charge in [0.15, 0.2) is 0 Å². The van der Waals surface area contributed by atoms with E-state index in [1.807, 2.05) is 36.4 Å². The van der Waals surface area contributed by atoms with E-state index in [4.69, 9.17) is 14.6 Å². The first kappa shape index (κ1) is 25.1. The lowest BCUT2D eigenvalue weighted by Gasteiger charge is -2.34. The molecule has 1 aromatic carbocycles. The van der Waals surface area contributed by atoms with E-state index in [-0.39, 0.29) is 11.7 Å². The number of carboxylic acid groups (broad SMARTS) is 1. The van der Waals surface area contributed by atoms with Crippen molar-refractivity contribution in [3.8, 4) is 11.5 Å². The normalized spacial score (nSPS) is 13.8. The Balaban J connectivity index is 1.13. The molecular weight excluding hydrogens is 460 g/mol. The topological polar surface area (TPSA) is 105 Å². The molecule has 0 spiro atoms. The van der Waals surface area contributed by atoms with Crippen LogP contribution in [0.5, 0.6) is 11.5 Å². The molecule has 0 atom stereocenters. The van der Waals surface area contributed by atoms with Crippen molar-refractivity contribution in [3.63, 3.8) is 0 Å². The Morgan fingerprint density at radius 1 is 0.917 bits per heavy atom. The van der Waals surface area contributed by atoms with Crippen LogP contribution in [0.4, 0.5) is 4.79 Å². The largest absolute Gasteiger partial charge is 0.492 e. The number of aromatic nitrogens is 2. The standard InChI is InChI=1S/C27H30N4O5/c32-26(33)22-7-8-23(29-19-22)3-2-13-30-14-16-31(17-15-30)27(34)36-24-9-5-21(6-10-24)11-18-35-25-4-1-12-28-20-25/h1,4-10,12,19-20H,2-3,11,13-18H2,(H,32,33). The Morgan fingerprint density at radius 3 is 2.39 bits per heavy atom. The fourth-order valence-corrected chi connectivity index (χ4v) is 3.95. The first-order valence-corrected chi connectivity index (χ1v) is 12.1. The van der Waals surface area contributed by atoms with E-state index >= 15 is 0 Å². The molecule has 0 saturated carbocycles. The second-order valence-electron chi connectivity index (χ2n) is 8.57. The quantitative estimate of drug-likeness (QED) is 0.460. The van der Waals surface area contributed by atoms with Gasteiger partial charge in [-0.1, -0.05) is 12.1 Å². The van der Waals surface area contributed by atoms with Crippen molar-refractivity contribution >= 4 is 12.1 Å². The number of carboxylic acids is 1. The SMILES string of the molecule is O=C(O)c1ccc(CCCN2CCN(C(=O)Oc3ccc(CCOc4cccnc4)cc3)CC2)nc1. The number of nitrogens with zero attached hydrogens (tertiary/aromatic N) is 4. The number of amides is 1. The zero-order valence-corrected chi connectivity index (χ0v) is 20.1. The van der Waals surface area contributed by atoms with Crippen LogP contribution in [0, 0.1) is 0 Å². The Morgan fingerprint density at radius 2 is 1.72 bits per heavy atom. The Bertz CT molecular complexity index is 1120. The average Bonchev–Trinajstić information content (AvgIpc) is 2.91. The van der Waals surface area contributed by atoms with Crippen molar-refractivity contribution in [1.29, 1.82) is 0 Å². The monoisotopic (exact) mass is 490 g/mol. The van der Waals surface area contributed by atoms with Crippen LogP contribution in [0.1, 0.15) is 28.0 Å². The van der Waals surface area contributed by atoms with Gasteiger partial charge in [-0.25, -0.2) is 9.59 Å². The zero-order valence-electron chi connectivity index (χ0n) is 20.1. The van der Waals surface area contributed by atoms with Crippen LogP contribution in [0.25, 0.3) is 0 Å². The first-order valence-electron chi connectivity index (χ1n) is 12.1. The number of rotatable bonds is 10. The highest BCUT2D eigenvalue weighted by molar-refractivity contribution is 5.87. The molecule has 1 amide bonds. The summed E-state index contributed by atoms with van der Waals surface area (Å²) in [6, 6.07) is 14.6. The molecule has 9 heteroatoms. The Kier molecular flexibility index (Phi) is 8.82. The van der Waals surface area contributed by atoms with Crippen molar-refractivity contribution in [3.05, 3.63) is 83.9 Å². The molecule has 0 bridgehead atoms. The molecule has 1 N–H and O–H groups in total. The molecule has 4 rings (SSSR count). The summed E-state index contributed by atoms with van der Waals surface area (Å²) in [5.41, 5.74) is 2.18. The first-order chi connectivity index (χ1) is 17.6. The molecule has 1 aliphatic rings. The highest BCUT2D eigenvalue weighted by atomic mass is 16.6. The number of hydrogen-bond donors (Lipinski definition) is 1. The lowest BCUT2D eigenvalue weighted by atomic mass is 10.1. The van der Waals surface area contributed by atoms with E-state index in [1.165, 1.54) is 6.20 Å². The summed E-state index contributed by atoms with van der Waals surface area (Å²) in [6.07, 6.45) is 6.91. The second-order valence-corrected chi connectivity index (χ2v) is 8.57. The highest BCUT2D eigenvalue weighted by Gasteiger charge is 2.22. The number of aromatic carboxylic acids is 1. The minimum Gasteiger partial charge on any atom is -0.492 e. The minimum atomic E-state index is -0.967. The van der Waals surface area contributed by atoms with Gasteiger partial charge in [-0.3, -0.25) is 14.9 Å². The smallest absolute Gasteiger partial charge is 0.415 e. The van der Waals surface area contributed by atoms with Crippen LogP contribution >= 0.6 is 0 Å². The molecule has 0 aliphatic carbocycles. The lowest BCUT2D eigenvalue weighted by Crippen LogP contribution is -2.49. The second kappa shape index (κ2) is 12.6. The zero-order chi connectivity index (χ0) is 25.2. The van der Waals surface area contributed by atoms with Gasteiger partial charge in [-0.15, -0.1) is 0 Å². The fraction of sp³-hybridized carbons (Fsp3) is 0.333. The minimum absolute atomic E-state index is 0.198. The van der Waals surface area contributed by atoms with Gasteiger partial charge in [0.2, 0.25) is 0 Å². The molecule has 1 saturated heterocycles. The fourth-order valence-electron chi connectivity index (χ4n) is 3.95. The maximum atomic E-state index is 12.6. The number of carbonyl (C=O) groups excluding carboxylic acids is 1. The van der Waals surface area contributed by atoms with Crippen molar-refractivity contribution < 1.29 is 24.2 Å². The summed E-state index contributed by atoms with van der Waals surface area (Å²) in [6.45, 7) is 4.26. The highest BCUT2D eigenvalue weighted by Crippen LogP contribution is 2.16. The van der Waals surface area contributed by atoms with E-state index in [9.17, 15) is 9.59 Å². The third-order valence-corrected chi connectivity index (χ3v) is 6.03. The molecular formula is C27H30N4O5. The maximum absolute atomic E-state index is 12.6. The van der Waals surface area contributed by atoms with Gasteiger partial charge in [0.1, 0.15) is 11.5 Å². The van der Waals surface area contributed by atoms with Gasteiger partial charge < -0.3 is 19.5 Å². The summed E-state index contributed by atoms with van der Waals surface area (Å²) in [4.78, 5) is 35.8. The van der Waals surface area contributed by atoms with Gasteiger partial charge in [-0.05, 0) is 61.3 Å². The van der Waals surface area contributed by atoms with Gasteiger partial charge >= 0.3 is 12.1 Å². The maximum Gasteiger partial charge on any atom is 0.415 e. The molecule has 2 aromatic heterocycles. The third kappa shape index (κ3) is 7.51. The predicted molar refractivity (Wildman–Crippen MR) is 133 cm³/mol. The number of ether oxygens (including phenoxy) is 2. The Hall–Kier alpha value is -3.98. The van der Waals surface area contributed by atoms with Crippen LogP contribution in [-0.4, -0.2) is 76.3 Å². The van der Waals surface area contributed by atoms with Crippen LogP contribution in [0.15, 0.2) is 67.1 Å². The molecule has 3 aromatic rings. The van der Waals surface area contributed by atoms with Crippen LogP contribution in [0.3, 0.4) is 0 Å². The number of piperazine rings is 1. The van der Waals surface area contributed by atoms with E-state index in [0.29, 0.717) is 25.4 Å². The molecule has 0 unspecified atom stereocenters. The molecule has 1 aliphatic heterocycles. The van der Waals surface area contributed by atoms with Crippen molar-refractivity contribution in [2.24, 2.45) is 0 Å². The van der Waals surface area contributed by atoms with Crippen molar-refractivity contribution in [1.82, 2.24) is 19.8 Å². The number of pyridine rings is 2. The summed E-state index contributed by atoms with van der Waals surface area (Å²) in [5.74, 6) is 0.304. The van der Waals surface area contributed by atoms with E-state index < -0.39 is 5.97 Å². The van der Waals surface area contributed by atoms with Gasteiger partial charge in [0.25, 0.3) is 0 Å². The number of hydrogen-bond acceptors (Lipinski definition) is 7. The van der Waals surface area contributed by atoms with E-state index in [2.05, 4.69) is 14.9 Å². The predicted octanol–water partition coefficient (Wildman–Crippen LogP) is 3.55. The summed E-state index contributed by atoms with van der Waals surface area (Å²) < 4.78 is 11.2. The number of carbonyl (C=O) groups is 2. The molecule has 0 radical (unpaired) electrons. The molecule has 1 fully saturated rings. The summed E-state index contributed by atoms with van der Waals surface area (Å²) in [5, 5.41) is 8.95. The van der Waals surface area contributed by atoms with Gasteiger partial charge in [0, 0.05) is 50.7 Å². The van der Waals surface area contributed by atoms with Gasteiger partial charge in [-0.2, -0.15) is 0 Å². The molecule has 36 heavy (non-hydrogen) atoms. The third-order valence-electron chi connectivity index (χ3n) is 6.03. The average molecular weight is 491 g/mol. The summed E-state index contributed by atoms with van der Waals surface area (Å²) >= 11 is 0. The number of aryl methyl sites for hydroxylation is 1. The van der Waals surface area contributed by atoms with Crippen LogP contribution in [-0.2, 0) is 12.8 Å². The van der Waals surface area contributed by atoms with Crippen molar-refractivity contribution in [2.45, 2.75) is 19.3 Å². The van der Waals surface area contributed by atoms with Gasteiger partial charge in [0.05, 0.1) is 18.4 Å². The van der Waals surface area contributed by atoms with E-state index in [1.54, 1.807) is 29.4 Å². The molecule has 188 valence electrons.